The molecule has 146 valence electrons. The number of aliphatic imine (C=N–C) groups is 1. The zero-order valence-electron chi connectivity index (χ0n) is 16.1. The fraction of sp³-hybridized carbons (Fsp3) is 0.167. The number of rotatable bonds is 8. The van der Waals surface area contributed by atoms with Crippen LogP contribution in [0.1, 0.15) is 27.6 Å². The van der Waals surface area contributed by atoms with Crippen LogP contribution in [0.2, 0.25) is 0 Å². The second kappa shape index (κ2) is 9.55. The van der Waals surface area contributed by atoms with Crippen molar-refractivity contribution in [3.63, 3.8) is 0 Å². The van der Waals surface area contributed by atoms with E-state index in [2.05, 4.69) is 4.99 Å². The highest BCUT2D eigenvalue weighted by atomic mass is 16.5. The summed E-state index contributed by atoms with van der Waals surface area (Å²) in [5.41, 5.74) is 0.829. The molecule has 5 nitrogen and oxygen atoms in total. The van der Waals surface area contributed by atoms with Gasteiger partial charge in [-0.3, -0.25) is 19.4 Å². The molecule has 0 radical (unpaired) electrons. The average molecular weight is 387 g/mol. The Balaban J connectivity index is 1.91. The summed E-state index contributed by atoms with van der Waals surface area (Å²) >= 11 is 0. The van der Waals surface area contributed by atoms with Crippen molar-refractivity contribution in [3.8, 4) is 0 Å². The van der Waals surface area contributed by atoms with Crippen LogP contribution in [-0.4, -0.2) is 36.9 Å². The number of Topliss-reactive ketones (excluding diaryl/α,β-unsaturated/α-hetero) is 2. The first-order valence-corrected chi connectivity index (χ1v) is 9.38. The molecular weight excluding hydrogens is 366 g/mol. The Morgan fingerprint density at radius 2 is 1.52 bits per heavy atom. The van der Waals surface area contributed by atoms with Gasteiger partial charge in [-0.25, -0.2) is 0 Å². The average Bonchev–Trinajstić information content (AvgIpc) is 2.76. The lowest BCUT2D eigenvalue weighted by Gasteiger charge is -2.11. The number of nitrogens with zero attached hydrogens (tertiary/aromatic N) is 1. The van der Waals surface area contributed by atoms with E-state index in [-0.39, 0.29) is 24.7 Å². The van der Waals surface area contributed by atoms with E-state index in [9.17, 15) is 14.4 Å². The Morgan fingerprint density at radius 3 is 2.24 bits per heavy atom. The molecule has 0 bridgehead atoms. The summed E-state index contributed by atoms with van der Waals surface area (Å²) in [5.74, 6) is -2.35. The maximum atomic E-state index is 13.2. The van der Waals surface area contributed by atoms with Gasteiger partial charge in [0.2, 0.25) is 0 Å². The van der Waals surface area contributed by atoms with E-state index in [0.29, 0.717) is 11.1 Å². The summed E-state index contributed by atoms with van der Waals surface area (Å²) in [7, 11) is 0. The molecule has 1 atom stereocenters. The normalized spacial score (nSPS) is 12.0. The molecule has 0 spiro atoms. The molecule has 0 fully saturated rings. The number of benzene rings is 3. The van der Waals surface area contributed by atoms with Crippen molar-refractivity contribution in [2.24, 2.45) is 10.9 Å². The van der Waals surface area contributed by atoms with Gasteiger partial charge in [0.25, 0.3) is 0 Å². The van der Waals surface area contributed by atoms with Crippen LogP contribution in [0.15, 0.2) is 77.8 Å². The van der Waals surface area contributed by atoms with Crippen molar-refractivity contribution >= 4 is 34.5 Å². The quantitative estimate of drug-likeness (QED) is 0.252. The van der Waals surface area contributed by atoms with Crippen molar-refractivity contribution < 1.29 is 19.1 Å². The second-order valence-corrected chi connectivity index (χ2v) is 6.43. The number of carbonyl (C=O) groups excluding carboxylic acids is 3. The van der Waals surface area contributed by atoms with Gasteiger partial charge in [0.05, 0.1) is 6.61 Å². The molecule has 1 unspecified atom stereocenters. The first kappa shape index (κ1) is 20.1. The summed E-state index contributed by atoms with van der Waals surface area (Å²) in [4.78, 5) is 41.7. The SMILES string of the molecule is CCOC(=O)CN=CC(C(=O)c1ccccc1)C(=O)c1ccc2ccccc2c1. The lowest BCUT2D eigenvalue weighted by molar-refractivity contribution is -0.141. The molecule has 0 aliphatic carbocycles. The molecule has 0 heterocycles. The fourth-order valence-electron chi connectivity index (χ4n) is 3.00. The summed E-state index contributed by atoms with van der Waals surface area (Å²) < 4.78 is 4.84. The smallest absolute Gasteiger partial charge is 0.327 e. The van der Waals surface area contributed by atoms with Crippen molar-refractivity contribution in [2.45, 2.75) is 6.92 Å². The Labute approximate surface area is 169 Å². The van der Waals surface area contributed by atoms with Gasteiger partial charge in [-0.2, -0.15) is 0 Å². The minimum Gasteiger partial charge on any atom is -0.465 e. The first-order valence-electron chi connectivity index (χ1n) is 9.38. The van der Waals surface area contributed by atoms with Gasteiger partial charge >= 0.3 is 5.97 Å². The van der Waals surface area contributed by atoms with Crippen LogP contribution in [-0.2, 0) is 9.53 Å². The largest absolute Gasteiger partial charge is 0.465 e. The predicted octanol–water partition coefficient (Wildman–Crippen LogP) is 4.16. The Hall–Kier alpha value is -3.60. The van der Waals surface area contributed by atoms with Gasteiger partial charge in [0.1, 0.15) is 12.5 Å². The van der Waals surface area contributed by atoms with E-state index >= 15 is 0 Å². The predicted molar refractivity (Wildman–Crippen MR) is 113 cm³/mol. The lowest BCUT2D eigenvalue weighted by atomic mass is 9.90. The summed E-state index contributed by atoms with van der Waals surface area (Å²) in [6, 6.07) is 21.6. The van der Waals surface area contributed by atoms with Crippen LogP contribution in [0, 0.1) is 5.92 Å². The number of hydrogen-bond acceptors (Lipinski definition) is 5. The number of carbonyl (C=O) groups is 3. The maximum absolute atomic E-state index is 13.2. The van der Waals surface area contributed by atoms with Gasteiger partial charge in [0, 0.05) is 17.3 Å². The molecule has 0 aliphatic heterocycles. The third-order valence-corrected chi connectivity index (χ3v) is 4.44. The molecule has 5 heteroatoms. The van der Waals surface area contributed by atoms with Crippen LogP contribution in [0.3, 0.4) is 0 Å². The number of esters is 1. The molecule has 3 aromatic carbocycles. The van der Waals surface area contributed by atoms with Crippen molar-refractivity contribution in [2.75, 3.05) is 13.2 Å². The lowest BCUT2D eigenvalue weighted by Crippen LogP contribution is -2.26. The van der Waals surface area contributed by atoms with Gasteiger partial charge in [-0.15, -0.1) is 0 Å². The fourth-order valence-corrected chi connectivity index (χ4v) is 3.00. The maximum Gasteiger partial charge on any atom is 0.327 e. The van der Waals surface area contributed by atoms with Crippen LogP contribution in [0.25, 0.3) is 10.8 Å². The molecule has 0 N–H and O–H groups in total. The molecule has 0 aromatic heterocycles. The standard InChI is InChI=1S/C24H21NO4/c1-2-29-22(26)16-25-15-21(23(27)18-9-4-3-5-10-18)24(28)20-13-12-17-8-6-7-11-19(17)14-20/h3-15,21H,2,16H2,1H3. The van der Waals surface area contributed by atoms with E-state index in [1.54, 1.807) is 49.4 Å². The zero-order chi connectivity index (χ0) is 20.6. The molecule has 3 rings (SSSR count). The van der Waals surface area contributed by atoms with Gasteiger partial charge in [0.15, 0.2) is 11.6 Å². The summed E-state index contributed by atoms with van der Waals surface area (Å²) in [6.07, 6.45) is 1.25. The molecule has 29 heavy (non-hydrogen) atoms. The highest BCUT2D eigenvalue weighted by Gasteiger charge is 2.27. The van der Waals surface area contributed by atoms with E-state index in [1.807, 2.05) is 30.3 Å². The Kier molecular flexibility index (Phi) is 6.63. The van der Waals surface area contributed by atoms with Crippen molar-refractivity contribution in [1.82, 2.24) is 0 Å². The van der Waals surface area contributed by atoms with Crippen molar-refractivity contribution in [1.29, 1.82) is 0 Å². The molecule has 0 amide bonds. The highest BCUT2D eigenvalue weighted by Crippen LogP contribution is 2.20. The number of fused-ring (bicyclic) bond motifs is 1. The third-order valence-electron chi connectivity index (χ3n) is 4.44. The summed E-state index contributed by atoms with van der Waals surface area (Å²) in [5, 5.41) is 1.92. The second-order valence-electron chi connectivity index (χ2n) is 6.43. The monoisotopic (exact) mass is 387 g/mol. The molecular formula is C24H21NO4. The van der Waals surface area contributed by atoms with Gasteiger partial charge in [-0.1, -0.05) is 66.7 Å². The molecule has 0 saturated carbocycles. The van der Waals surface area contributed by atoms with E-state index in [0.717, 1.165) is 10.8 Å². The van der Waals surface area contributed by atoms with Crippen LogP contribution >= 0.6 is 0 Å². The number of hydrogen-bond donors (Lipinski definition) is 0. The van der Waals surface area contributed by atoms with Gasteiger partial charge < -0.3 is 4.74 Å². The highest BCUT2D eigenvalue weighted by molar-refractivity contribution is 6.25. The van der Waals surface area contributed by atoms with E-state index in [1.165, 1.54) is 6.21 Å². The Morgan fingerprint density at radius 1 is 0.862 bits per heavy atom. The molecule has 3 aromatic rings. The van der Waals surface area contributed by atoms with Crippen LogP contribution in [0.4, 0.5) is 0 Å². The number of ether oxygens (including phenoxy) is 1. The number of ketones is 2. The zero-order valence-corrected chi connectivity index (χ0v) is 16.1. The van der Waals surface area contributed by atoms with Gasteiger partial charge in [-0.05, 0) is 23.8 Å². The third kappa shape index (κ3) is 5.02. The molecule has 0 aliphatic rings. The van der Waals surface area contributed by atoms with Crippen molar-refractivity contribution in [3.05, 3.63) is 83.9 Å². The minimum absolute atomic E-state index is 0.239. The molecule has 0 saturated heterocycles. The topological polar surface area (TPSA) is 72.8 Å². The van der Waals surface area contributed by atoms with E-state index < -0.39 is 11.9 Å². The van der Waals surface area contributed by atoms with E-state index in [4.69, 9.17) is 4.74 Å². The first-order chi connectivity index (χ1) is 14.1. The Bertz CT molecular complexity index is 1060. The minimum atomic E-state index is -1.12. The van der Waals surface area contributed by atoms with Crippen LogP contribution in [0.5, 0.6) is 0 Å². The van der Waals surface area contributed by atoms with Crippen LogP contribution < -0.4 is 0 Å². The summed E-state index contributed by atoms with van der Waals surface area (Å²) in [6.45, 7) is 1.71.